The van der Waals surface area contributed by atoms with Crippen LogP contribution in [0.4, 0.5) is 5.69 Å². The predicted octanol–water partition coefficient (Wildman–Crippen LogP) is 6.45. The number of hydrogen-bond donors (Lipinski definition) is 2. The van der Waals surface area contributed by atoms with E-state index in [1.807, 2.05) is 67.6 Å². The van der Waals surface area contributed by atoms with Gasteiger partial charge in [0.15, 0.2) is 0 Å². The van der Waals surface area contributed by atoms with Crippen LogP contribution in [0.3, 0.4) is 0 Å². The number of carbonyl (C=O) groups is 2. The number of rotatable bonds is 6. The fourth-order valence-corrected chi connectivity index (χ4v) is 4.25. The van der Waals surface area contributed by atoms with E-state index in [2.05, 4.69) is 15.8 Å². The van der Waals surface area contributed by atoms with Gasteiger partial charge in [-0.3, -0.25) is 9.59 Å². The summed E-state index contributed by atoms with van der Waals surface area (Å²) in [5.74, 6) is -0.171. The summed E-state index contributed by atoms with van der Waals surface area (Å²) in [6, 6.07) is 24.1. The number of halogens is 1. The van der Waals surface area contributed by atoms with E-state index < -0.39 is 0 Å². The van der Waals surface area contributed by atoms with Crippen molar-refractivity contribution in [3.63, 3.8) is 0 Å². The van der Waals surface area contributed by atoms with Crippen molar-refractivity contribution >= 4 is 45.7 Å². The largest absolute Gasteiger partial charge is 0.326 e. The lowest BCUT2D eigenvalue weighted by molar-refractivity contribution is -0.122. The van der Waals surface area contributed by atoms with Crippen molar-refractivity contribution in [1.82, 2.24) is 10.4 Å². The molecular formula is C29H25ClN4O2. The first-order chi connectivity index (χ1) is 17.5. The lowest BCUT2D eigenvalue weighted by Gasteiger charge is -2.24. The number of anilines is 1. The number of nitrogens with zero attached hydrogens (tertiary/aromatic N) is 2. The zero-order valence-electron chi connectivity index (χ0n) is 19.8. The number of aromatic nitrogens is 1. The maximum absolute atomic E-state index is 13.2. The average molecular weight is 497 g/mol. The number of hydrazone groups is 1. The number of hydrogen-bond acceptors (Lipinski definition) is 4. The van der Waals surface area contributed by atoms with Gasteiger partial charge in [-0.05, 0) is 61.7 Å². The van der Waals surface area contributed by atoms with Crippen molar-refractivity contribution in [3.05, 3.63) is 95.0 Å². The SMILES string of the molecule is C/C(=N/NC(=O)c1cc(-c2ccc(Cl)cc2)nc2ccccc12)c1cccc(NC(=O)C2CCC2)c1. The summed E-state index contributed by atoms with van der Waals surface area (Å²) in [6.07, 6.45) is 3.00. The third-order valence-corrected chi connectivity index (χ3v) is 6.70. The van der Waals surface area contributed by atoms with E-state index in [4.69, 9.17) is 16.6 Å². The van der Waals surface area contributed by atoms with Gasteiger partial charge in [0.05, 0.1) is 22.5 Å². The Morgan fingerprint density at radius 3 is 2.50 bits per heavy atom. The number of pyridine rings is 1. The first-order valence-electron chi connectivity index (χ1n) is 11.9. The van der Waals surface area contributed by atoms with Crippen LogP contribution in [0.1, 0.15) is 42.1 Å². The van der Waals surface area contributed by atoms with Gasteiger partial charge < -0.3 is 5.32 Å². The molecule has 5 rings (SSSR count). The molecule has 3 aromatic carbocycles. The summed E-state index contributed by atoms with van der Waals surface area (Å²) < 4.78 is 0. The molecule has 2 N–H and O–H groups in total. The van der Waals surface area contributed by atoms with Crippen LogP contribution < -0.4 is 10.7 Å². The number of para-hydroxylation sites is 1. The molecule has 1 fully saturated rings. The van der Waals surface area contributed by atoms with Crippen LogP contribution >= 0.6 is 11.6 Å². The molecule has 0 radical (unpaired) electrons. The van der Waals surface area contributed by atoms with Gasteiger partial charge in [-0.2, -0.15) is 5.10 Å². The van der Waals surface area contributed by atoms with Crippen LogP contribution in [-0.4, -0.2) is 22.5 Å². The van der Waals surface area contributed by atoms with E-state index in [1.165, 1.54) is 0 Å². The zero-order chi connectivity index (χ0) is 25.1. The standard InChI is InChI=1S/C29H25ClN4O2/c1-18(21-8-5-9-23(16-21)31-28(35)20-6-4-7-20)33-34-29(36)25-17-27(19-12-14-22(30)15-13-19)32-26-11-3-2-10-24(25)26/h2-3,5,8-17,20H,4,6-7H2,1H3,(H,31,35)(H,34,36)/b33-18-. The van der Waals surface area contributed by atoms with Gasteiger partial charge in [-0.15, -0.1) is 0 Å². The number of fused-ring (bicyclic) bond motifs is 1. The van der Waals surface area contributed by atoms with Crippen molar-refractivity contribution in [2.45, 2.75) is 26.2 Å². The van der Waals surface area contributed by atoms with Gasteiger partial charge >= 0.3 is 0 Å². The van der Waals surface area contributed by atoms with Crippen molar-refractivity contribution in [1.29, 1.82) is 0 Å². The van der Waals surface area contributed by atoms with E-state index in [1.54, 1.807) is 18.2 Å². The summed E-state index contributed by atoms with van der Waals surface area (Å²) in [5.41, 5.74) is 7.56. The Morgan fingerprint density at radius 1 is 0.972 bits per heavy atom. The molecule has 0 atom stereocenters. The summed E-state index contributed by atoms with van der Waals surface area (Å²) in [4.78, 5) is 30.2. The molecule has 6 nitrogen and oxygen atoms in total. The molecule has 0 spiro atoms. The smallest absolute Gasteiger partial charge is 0.272 e. The first-order valence-corrected chi connectivity index (χ1v) is 12.3. The third-order valence-electron chi connectivity index (χ3n) is 6.45. The maximum atomic E-state index is 13.2. The fraction of sp³-hybridized carbons (Fsp3) is 0.172. The van der Waals surface area contributed by atoms with Crippen LogP contribution in [0.2, 0.25) is 5.02 Å². The number of benzene rings is 3. The van der Waals surface area contributed by atoms with E-state index >= 15 is 0 Å². The normalized spacial score (nSPS) is 13.8. The first kappa shape index (κ1) is 23.7. The zero-order valence-corrected chi connectivity index (χ0v) is 20.5. The van der Waals surface area contributed by atoms with E-state index in [0.717, 1.165) is 41.5 Å². The van der Waals surface area contributed by atoms with Gasteiger partial charge in [0.25, 0.3) is 5.91 Å². The highest BCUT2D eigenvalue weighted by Gasteiger charge is 2.25. The van der Waals surface area contributed by atoms with Gasteiger partial charge in [0.1, 0.15) is 0 Å². The molecule has 0 saturated heterocycles. The molecule has 0 bridgehead atoms. The van der Waals surface area contributed by atoms with Crippen LogP contribution in [0.5, 0.6) is 0 Å². The Labute approximate surface area is 214 Å². The lowest BCUT2D eigenvalue weighted by atomic mass is 9.85. The Bertz CT molecular complexity index is 1480. The predicted molar refractivity (Wildman–Crippen MR) is 144 cm³/mol. The molecule has 36 heavy (non-hydrogen) atoms. The van der Waals surface area contributed by atoms with E-state index in [0.29, 0.717) is 27.5 Å². The monoisotopic (exact) mass is 496 g/mol. The molecule has 1 saturated carbocycles. The van der Waals surface area contributed by atoms with Crippen molar-refractivity contribution < 1.29 is 9.59 Å². The summed E-state index contributed by atoms with van der Waals surface area (Å²) in [5, 5.41) is 8.69. The summed E-state index contributed by atoms with van der Waals surface area (Å²) in [6.45, 7) is 1.82. The van der Waals surface area contributed by atoms with Crippen molar-refractivity contribution in [2.75, 3.05) is 5.32 Å². The number of carbonyl (C=O) groups excluding carboxylic acids is 2. The van der Waals surface area contributed by atoms with Crippen LogP contribution in [0.15, 0.2) is 84.0 Å². The van der Waals surface area contributed by atoms with Crippen molar-refractivity contribution in [2.24, 2.45) is 11.0 Å². The van der Waals surface area contributed by atoms with Crippen LogP contribution in [0, 0.1) is 5.92 Å². The van der Waals surface area contributed by atoms with E-state index in [9.17, 15) is 9.59 Å². The fourth-order valence-electron chi connectivity index (χ4n) is 4.13. The molecule has 1 aliphatic carbocycles. The van der Waals surface area contributed by atoms with Crippen LogP contribution in [0.25, 0.3) is 22.2 Å². The molecule has 4 aromatic rings. The van der Waals surface area contributed by atoms with Gasteiger partial charge in [-0.25, -0.2) is 10.4 Å². The molecule has 0 aliphatic heterocycles. The Hall–Kier alpha value is -4.03. The van der Waals surface area contributed by atoms with Crippen molar-refractivity contribution in [3.8, 4) is 11.3 Å². The minimum absolute atomic E-state index is 0.0577. The molecule has 1 aromatic heterocycles. The number of nitrogens with one attached hydrogen (secondary N) is 2. The quantitative estimate of drug-likeness (QED) is 0.238. The Balaban J connectivity index is 1.38. The molecule has 180 valence electrons. The minimum atomic E-state index is -0.336. The highest BCUT2D eigenvalue weighted by molar-refractivity contribution is 6.30. The van der Waals surface area contributed by atoms with E-state index in [-0.39, 0.29) is 17.7 Å². The van der Waals surface area contributed by atoms with Gasteiger partial charge in [-0.1, -0.05) is 60.5 Å². The minimum Gasteiger partial charge on any atom is -0.326 e. The Morgan fingerprint density at radius 2 is 1.75 bits per heavy atom. The topological polar surface area (TPSA) is 83.4 Å². The molecule has 1 aliphatic rings. The summed E-state index contributed by atoms with van der Waals surface area (Å²) >= 11 is 6.03. The molecule has 2 amide bonds. The lowest BCUT2D eigenvalue weighted by Crippen LogP contribution is -2.28. The van der Waals surface area contributed by atoms with Gasteiger partial charge in [0, 0.05) is 27.6 Å². The number of amides is 2. The second kappa shape index (κ2) is 10.3. The molecule has 0 unspecified atom stereocenters. The highest BCUT2D eigenvalue weighted by Crippen LogP contribution is 2.28. The highest BCUT2D eigenvalue weighted by atomic mass is 35.5. The third kappa shape index (κ3) is 5.14. The average Bonchev–Trinajstić information content (AvgIpc) is 2.86. The summed E-state index contributed by atoms with van der Waals surface area (Å²) in [7, 11) is 0. The Kier molecular flexibility index (Phi) is 6.78. The second-order valence-corrected chi connectivity index (χ2v) is 9.35. The molecular weight excluding hydrogens is 472 g/mol. The molecule has 7 heteroatoms. The van der Waals surface area contributed by atoms with Gasteiger partial charge in [0.2, 0.25) is 5.91 Å². The second-order valence-electron chi connectivity index (χ2n) is 8.92. The van der Waals surface area contributed by atoms with Crippen LogP contribution in [-0.2, 0) is 4.79 Å². The molecule has 1 heterocycles. The maximum Gasteiger partial charge on any atom is 0.272 e.